The lowest BCUT2D eigenvalue weighted by Gasteiger charge is -2.08. The minimum atomic E-state index is -0.130. The fraction of sp³-hybridized carbons (Fsp3) is 0.125. The molecule has 4 nitrogen and oxygen atoms in total. The van der Waals surface area contributed by atoms with Gasteiger partial charge >= 0.3 is 0 Å². The van der Waals surface area contributed by atoms with Gasteiger partial charge in [0.2, 0.25) is 0 Å². The van der Waals surface area contributed by atoms with Crippen molar-refractivity contribution in [3.05, 3.63) is 57.8 Å². The Balaban J connectivity index is 1.89. The zero-order valence-electron chi connectivity index (χ0n) is 11.7. The summed E-state index contributed by atoms with van der Waals surface area (Å²) in [4.78, 5) is 19.8. The molecule has 0 bridgehead atoms. The van der Waals surface area contributed by atoms with Gasteiger partial charge in [-0.25, -0.2) is 4.98 Å². The standard InChI is InChI=1S/C16H14BrN3O/c1-9-7-12(17)4-6-13(9)20-16(21)11-3-5-14-15(8-11)19-10(2)18-14/h3-8H,1-2H3,(H,18,19)(H,20,21). The largest absolute Gasteiger partial charge is 0.342 e. The molecule has 0 unspecified atom stereocenters. The summed E-state index contributed by atoms with van der Waals surface area (Å²) >= 11 is 3.41. The molecule has 5 heteroatoms. The van der Waals surface area contributed by atoms with Gasteiger partial charge in [0.1, 0.15) is 5.82 Å². The summed E-state index contributed by atoms with van der Waals surface area (Å²) < 4.78 is 0.993. The van der Waals surface area contributed by atoms with Crippen LogP contribution in [0.5, 0.6) is 0 Å². The number of carbonyl (C=O) groups excluding carboxylic acids is 1. The van der Waals surface area contributed by atoms with E-state index in [2.05, 4.69) is 31.2 Å². The van der Waals surface area contributed by atoms with Gasteiger partial charge < -0.3 is 10.3 Å². The summed E-state index contributed by atoms with van der Waals surface area (Å²) in [5.74, 6) is 0.709. The van der Waals surface area contributed by atoms with Crippen LogP contribution in [0.25, 0.3) is 11.0 Å². The van der Waals surface area contributed by atoms with Crippen LogP contribution in [0.4, 0.5) is 5.69 Å². The van der Waals surface area contributed by atoms with E-state index in [1.54, 1.807) is 6.07 Å². The molecule has 0 aliphatic rings. The number of imidazole rings is 1. The molecule has 0 spiro atoms. The van der Waals surface area contributed by atoms with Crippen molar-refractivity contribution in [1.29, 1.82) is 0 Å². The average Bonchev–Trinajstić information content (AvgIpc) is 2.80. The van der Waals surface area contributed by atoms with Gasteiger partial charge in [-0.1, -0.05) is 15.9 Å². The molecule has 3 aromatic rings. The van der Waals surface area contributed by atoms with Crippen molar-refractivity contribution >= 4 is 38.6 Å². The Labute approximate surface area is 130 Å². The van der Waals surface area contributed by atoms with Gasteiger partial charge in [-0.05, 0) is 55.8 Å². The molecular formula is C16H14BrN3O. The Kier molecular flexibility index (Phi) is 3.51. The number of fused-ring (bicyclic) bond motifs is 1. The molecule has 2 N–H and O–H groups in total. The Morgan fingerprint density at radius 1 is 1.19 bits per heavy atom. The molecule has 106 valence electrons. The van der Waals surface area contributed by atoms with Crippen molar-refractivity contribution in [2.75, 3.05) is 5.32 Å². The van der Waals surface area contributed by atoms with Crippen molar-refractivity contribution in [2.24, 2.45) is 0 Å². The minimum absolute atomic E-state index is 0.130. The fourth-order valence-corrected chi connectivity index (χ4v) is 2.72. The van der Waals surface area contributed by atoms with Crippen LogP contribution in [0.15, 0.2) is 40.9 Å². The van der Waals surface area contributed by atoms with Crippen LogP contribution < -0.4 is 5.32 Å². The van der Waals surface area contributed by atoms with Crippen molar-refractivity contribution in [2.45, 2.75) is 13.8 Å². The first-order valence-corrected chi connectivity index (χ1v) is 7.36. The molecule has 0 saturated heterocycles. The number of hydrogen-bond donors (Lipinski definition) is 2. The normalized spacial score (nSPS) is 10.8. The molecule has 1 aromatic heterocycles. The van der Waals surface area contributed by atoms with Crippen molar-refractivity contribution in [3.8, 4) is 0 Å². The third-order valence-corrected chi connectivity index (χ3v) is 3.79. The smallest absolute Gasteiger partial charge is 0.255 e. The zero-order valence-corrected chi connectivity index (χ0v) is 13.3. The Hall–Kier alpha value is -2.14. The van der Waals surface area contributed by atoms with Gasteiger partial charge in [0.25, 0.3) is 5.91 Å². The van der Waals surface area contributed by atoms with Crippen LogP contribution in [0.1, 0.15) is 21.7 Å². The number of benzene rings is 2. The van der Waals surface area contributed by atoms with E-state index < -0.39 is 0 Å². The molecule has 21 heavy (non-hydrogen) atoms. The number of aromatic amines is 1. The van der Waals surface area contributed by atoms with Gasteiger partial charge in [-0.15, -0.1) is 0 Å². The van der Waals surface area contributed by atoms with E-state index >= 15 is 0 Å². The second-order valence-electron chi connectivity index (χ2n) is 4.97. The van der Waals surface area contributed by atoms with Crippen molar-refractivity contribution in [1.82, 2.24) is 9.97 Å². The zero-order chi connectivity index (χ0) is 15.0. The molecule has 0 saturated carbocycles. The Bertz CT molecular complexity index is 839. The summed E-state index contributed by atoms with van der Waals surface area (Å²) in [5, 5.41) is 2.93. The Morgan fingerprint density at radius 3 is 2.76 bits per heavy atom. The first kappa shape index (κ1) is 13.8. The van der Waals surface area contributed by atoms with Crippen molar-refractivity contribution in [3.63, 3.8) is 0 Å². The van der Waals surface area contributed by atoms with Crippen LogP contribution in [0.3, 0.4) is 0 Å². The summed E-state index contributed by atoms with van der Waals surface area (Å²) in [6.07, 6.45) is 0. The van der Waals surface area contributed by atoms with E-state index in [9.17, 15) is 4.79 Å². The maximum atomic E-state index is 12.3. The maximum absolute atomic E-state index is 12.3. The summed E-state index contributed by atoms with van der Waals surface area (Å²) in [6, 6.07) is 11.2. The number of amides is 1. The number of nitrogens with one attached hydrogen (secondary N) is 2. The number of rotatable bonds is 2. The molecule has 2 aromatic carbocycles. The number of anilines is 1. The van der Waals surface area contributed by atoms with E-state index in [4.69, 9.17) is 0 Å². The van der Waals surface area contributed by atoms with E-state index in [0.29, 0.717) is 5.56 Å². The van der Waals surface area contributed by atoms with Gasteiger partial charge in [0.15, 0.2) is 0 Å². The highest BCUT2D eigenvalue weighted by molar-refractivity contribution is 9.10. The number of nitrogens with zero attached hydrogens (tertiary/aromatic N) is 1. The molecule has 1 amide bonds. The molecule has 0 fully saturated rings. The van der Waals surface area contributed by atoms with Crippen LogP contribution in [0, 0.1) is 13.8 Å². The van der Waals surface area contributed by atoms with Crippen LogP contribution in [-0.2, 0) is 0 Å². The minimum Gasteiger partial charge on any atom is -0.342 e. The number of aromatic nitrogens is 2. The summed E-state index contributed by atoms with van der Waals surface area (Å²) in [5.41, 5.74) is 4.16. The first-order valence-electron chi connectivity index (χ1n) is 6.57. The summed E-state index contributed by atoms with van der Waals surface area (Å²) in [7, 11) is 0. The monoisotopic (exact) mass is 343 g/mol. The quantitative estimate of drug-likeness (QED) is 0.732. The second kappa shape index (κ2) is 5.33. The third-order valence-electron chi connectivity index (χ3n) is 3.30. The number of H-pyrrole nitrogens is 1. The lowest BCUT2D eigenvalue weighted by Crippen LogP contribution is -2.12. The molecule has 0 atom stereocenters. The molecule has 3 rings (SSSR count). The summed E-state index contributed by atoms with van der Waals surface area (Å²) in [6.45, 7) is 3.85. The lowest BCUT2D eigenvalue weighted by molar-refractivity contribution is 0.102. The van der Waals surface area contributed by atoms with Gasteiger partial charge in [-0.2, -0.15) is 0 Å². The second-order valence-corrected chi connectivity index (χ2v) is 5.88. The SMILES string of the molecule is Cc1nc2ccc(C(=O)Nc3ccc(Br)cc3C)cc2[nH]1. The van der Waals surface area contributed by atoms with E-state index in [1.165, 1.54) is 0 Å². The molecule has 0 radical (unpaired) electrons. The molecule has 1 heterocycles. The van der Waals surface area contributed by atoms with Crippen LogP contribution in [-0.4, -0.2) is 15.9 Å². The number of carbonyl (C=O) groups is 1. The number of aryl methyl sites for hydroxylation is 2. The van der Waals surface area contributed by atoms with Gasteiger partial charge in [0, 0.05) is 15.7 Å². The van der Waals surface area contributed by atoms with Crippen molar-refractivity contribution < 1.29 is 4.79 Å². The van der Waals surface area contributed by atoms with Crippen LogP contribution >= 0.6 is 15.9 Å². The Morgan fingerprint density at radius 2 is 2.00 bits per heavy atom. The molecule has 0 aliphatic heterocycles. The maximum Gasteiger partial charge on any atom is 0.255 e. The highest BCUT2D eigenvalue weighted by Gasteiger charge is 2.10. The molecular weight excluding hydrogens is 330 g/mol. The first-order chi connectivity index (χ1) is 10.0. The van der Waals surface area contributed by atoms with E-state index in [0.717, 1.165) is 32.6 Å². The van der Waals surface area contributed by atoms with E-state index in [1.807, 2.05) is 44.2 Å². The molecule has 0 aliphatic carbocycles. The number of halogens is 1. The average molecular weight is 344 g/mol. The van der Waals surface area contributed by atoms with E-state index in [-0.39, 0.29) is 5.91 Å². The third kappa shape index (κ3) is 2.83. The highest BCUT2D eigenvalue weighted by Crippen LogP contribution is 2.21. The lowest BCUT2D eigenvalue weighted by atomic mass is 10.1. The highest BCUT2D eigenvalue weighted by atomic mass is 79.9. The van der Waals surface area contributed by atoms with Gasteiger partial charge in [0.05, 0.1) is 11.0 Å². The number of hydrogen-bond acceptors (Lipinski definition) is 2. The topological polar surface area (TPSA) is 57.8 Å². The fourth-order valence-electron chi connectivity index (χ4n) is 2.24. The predicted octanol–water partition coefficient (Wildman–Crippen LogP) is 4.19. The van der Waals surface area contributed by atoms with Gasteiger partial charge in [-0.3, -0.25) is 4.79 Å². The van der Waals surface area contributed by atoms with Crippen LogP contribution in [0.2, 0.25) is 0 Å². The predicted molar refractivity (Wildman–Crippen MR) is 87.7 cm³/mol.